The largest absolute Gasteiger partial charge is 0.466 e. The predicted molar refractivity (Wildman–Crippen MR) is 26.5 cm³/mol. The average molecular weight is 115 g/mol. The van der Waals surface area contributed by atoms with E-state index in [9.17, 15) is 9.90 Å². The number of rotatable bonds is 1. The van der Waals surface area contributed by atoms with E-state index in [1.54, 1.807) is 0 Å². The van der Waals surface area contributed by atoms with Gasteiger partial charge in [0.2, 0.25) is 0 Å². The molecular formula is C5H7O3. The first kappa shape index (κ1) is 7.01. The molecule has 0 aromatic carbocycles. The minimum atomic E-state index is -0.600. The second kappa shape index (κ2) is 3.07. The zero-order valence-corrected chi connectivity index (χ0v) is 4.80. The molecule has 0 aliphatic carbocycles. The molecule has 0 atom stereocenters. The number of allylic oxidation sites excluding steroid dienone is 1. The summed E-state index contributed by atoms with van der Waals surface area (Å²) in [6.45, 7) is 1.29. The summed E-state index contributed by atoms with van der Waals surface area (Å²) in [6, 6.07) is 0. The normalized spacial score (nSPS) is 11.0. The van der Waals surface area contributed by atoms with Crippen molar-refractivity contribution in [3.05, 3.63) is 11.8 Å². The molecule has 45 valence electrons. The Kier molecular flexibility index (Phi) is 2.69. The van der Waals surface area contributed by atoms with Crippen LogP contribution in [-0.4, -0.2) is 13.1 Å². The molecule has 0 rings (SSSR count). The fourth-order valence-corrected chi connectivity index (χ4v) is 0.225. The van der Waals surface area contributed by atoms with Crippen molar-refractivity contribution >= 4 is 5.97 Å². The topological polar surface area (TPSA) is 46.2 Å². The van der Waals surface area contributed by atoms with Crippen molar-refractivity contribution in [3.8, 4) is 0 Å². The molecule has 0 bridgehead atoms. The minimum absolute atomic E-state index is 0.295. The van der Waals surface area contributed by atoms with E-state index in [2.05, 4.69) is 4.74 Å². The maximum Gasteiger partial charge on any atom is 0.334 e. The van der Waals surface area contributed by atoms with Gasteiger partial charge in [-0.05, 0) is 6.92 Å². The Morgan fingerprint density at radius 3 is 2.25 bits per heavy atom. The molecule has 0 N–H and O–H groups in total. The van der Waals surface area contributed by atoms with Crippen molar-refractivity contribution in [2.45, 2.75) is 6.92 Å². The van der Waals surface area contributed by atoms with Gasteiger partial charge in [-0.25, -0.2) is 4.79 Å². The molecule has 0 aromatic heterocycles. The molecule has 0 amide bonds. The Balaban J connectivity index is 3.70. The molecule has 0 saturated heterocycles. The van der Waals surface area contributed by atoms with Crippen molar-refractivity contribution in [3.63, 3.8) is 0 Å². The molecule has 0 spiro atoms. The first-order chi connectivity index (χ1) is 3.66. The number of carbonyl (C=O) groups excluding carboxylic acids is 1. The summed E-state index contributed by atoms with van der Waals surface area (Å²) in [7, 11) is 1.22. The molecule has 0 saturated carbocycles. The summed E-state index contributed by atoms with van der Waals surface area (Å²) in [5.41, 5.74) is 0. The molecule has 3 nitrogen and oxygen atoms in total. The molecule has 0 heterocycles. The highest BCUT2D eigenvalue weighted by atomic mass is 16.5. The van der Waals surface area contributed by atoms with Crippen LogP contribution in [0.25, 0.3) is 0 Å². The third-order valence-electron chi connectivity index (χ3n) is 0.522. The molecule has 0 aliphatic heterocycles. The zero-order valence-electron chi connectivity index (χ0n) is 4.80. The van der Waals surface area contributed by atoms with E-state index >= 15 is 0 Å². The Hall–Kier alpha value is -0.990. The third-order valence-corrected chi connectivity index (χ3v) is 0.522. The van der Waals surface area contributed by atoms with Crippen LogP contribution in [0, 0.1) is 0 Å². The van der Waals surface area contributed by atoms with Crippen LogP contribution in [0.3, 0.4) is 0 Å². The van der Waals surface area contributed by atoms with Crippen LogP contribution in [0.1, 0.15) is 6.92 Å². The second-order valence-electron chi connectivity index (χ2n) is 1.28. The number of methoxy groups -OCH3 is 1. The Bertz CT molecular complexity index is 111. The lowest BCUT2D eigenvalue weighted by molar-refractivity contribution is -0.135. The Labute approximate surface area is 47.6 Å². The van der Waals surface area contributed by atoms with Gasteiger partial charge < -0.3 is 4.74 Å². The van der Waals surface area contributed by atoms with Crippen LogP contribution in [-0.2, 0) is 14.6 Å². The van der Waals surface area contributed by atoms with E-state index in [-0.39, 0.29) is 5.76 Å². The maximum atomic E-state index is 10.1. The standard InChI is InChI=1S/C5H7O3/c1-4(6)3-5(7)8-2/h3H,1-2H3. The van der Waals surface area contributed by atoms with Crippen molar-refractivity contribution in [2.75, 3.05) is 7.11 Å². The highest BCUT2D eigenvalue weighted by Gasteiger charge is 1.93. The van der Waals surface area contributed by atoms with Crippen molar-refractivity contribution < 1.29 is 14.6 Å². The number of esters is 1. The third kappa shape index (κ3) is 3.21. The zero-order chi connectivity index (χ0) is 6.57. The van der Waals surface area contributed by atoms with Crippen LogP contribution in [0.5, 0.6) is 0 Å². The van der Waals surface area contributed by atoms with Crippen molar-refractivity contribution in [1.82, 2.24) is 0 Å². The minimum Gasteiger partial charge on any atom is -0.466 e. The molecule has 0 unspecified atom stereocenters. The molecule has 3 heteroatoms. The summed E-state index contributed by atoms with van der Waals surface area (Å²) < 4.78 is 4.15. The SMILES string of the molecule is COC(=O)C=C(C)[O]. The van der Waals surface area contributed by atoms with Gasteiger partial charge in [-0.3, -0.25) is 5.11 Å². The maximum absolute atomic E-state index is 10.1. The van der Waals surface area contributed by atoms with Crippen LogP contribution >= 0.6 is 0 Å². The van der Waals surface area contributed by atoms with E-state index in [1.807, 2.05) is 0 Å². The predicted octanol–water partition coefficient (Wildman–Crippen LogP) is 0.494. The van der Waals surface area contributed by atoms with E-state index in [0.29, 0.717) is 0 Å². The molecule has 0 fully saturated rings. The van der Waals surface area contributed by atoms with Crippen LogP contribution in [0.4, 0.5) is 0 Å². The van der Waals surface area contributed by atoms with Gasteiger partial charge in [-0.15, -0.1) is 0 Å². The summed E-state index contributed by atoms with van der Waals surface area (Å²) in [4.78, 5) is 10.1. The Morgan fingerprint density at radius 2 is 2.12 bits per heavy atom. The van der Waals surface area contributed by atoms with E-state index in [0.717, 1.165) is 6.08 Å². The summed E-state index contributed by atoms with van der Waals surface area (Å²) >= 11 is 0. The molecule has 0 aliphatic rings. The molecular weight excluding hydrogens is 108 g/mol. The highest BCUT2D eigenvalue weighted by Crippen LogP contribution is 1.85. The first-order valence-corrected chi connectivity index (χ1v) is 2.10. The Morgan fingerprint density at radius 1 is 1.62 bits per heavy atom. The van der Waals surface area contributed by atoms with Gasteiger partial charge >= 0.3 is 5.97 Å². The molecule has 1 radical (unpaired) electrons. The lowest BCUT2D eigenvalue weighted by Crippen LogP contribution is -1.94. The number of hydrogen-bond donors (Lipinski definition) is 0. The number of carbonyl (C=O) groups is 1. The van der Waals surface area contributed by atoms with Gasteiger partial charge in [0.1, 0.15) is 0 Å². The van der Waals surface area contributed by atoms with Gasteiger partial charge in [0, 0.05) is 0 Å². The van der Waals surface area contributed by atoms with E-state index < -0.39 is 5.97 Å². The smallest absolute Gasteiger partial charge is 0.334 e. The fraction of sp³-hybridized carbons (Fsp3) is 0.400. The van der Waals surface area contributed by atoms with Gasteiger partial charge in [0.25, 0.3) is 0 Å². The molecule has 0 aromatic rings. The fourth-order valence-electron chi connectivity index (χ4n) is 0.225. The quantitative estimate of drug-likeness (QED) is 0.283. The lowest BCUT2D eigenvalue weighted by atomic mass is 10.5. The van der Waals surface area contributed by atoms with E-state index in [1.165, 1.54) is 14.0 Å². The monoisotopic (exact) mass is 115 g/mol. The van der Waals surface area contributed by atoms with Crippen molar-refractivity contribution in [1.29, 1.82) is 0 Å². The number of ether oxygens (including phenoxy) is 1. The van der Waals surface area contributed by atoms with Gasteiger partial charge in [0.15, 0.2) is 5.76 Å². The van der Waals surface area contributed by atoms with Crippen LogP contribution < -0.4 is 0 Å². The van der Waals surface area contributed by atoms with Crippen LogP contribution in [0.15, 0.2) is 11.8 Å². The van der Waals surface area contributed by atoms with Gasteiger partial charge in [0.05, 0.1) is 13.2 Å². The van der Waals surface area contributed by atoms with Crippen LogP contribution in [0.2, 0.25) is 0 Å². The summed E-state index contributed by atoms with van der Waals surface area (Å²) in [6.07, 6.45) is 0.889. The average Bonchev–Trinajstić information content (AvgIpc) is 1.65. The van der Waals surface area contributed by atoms with Gasteiger partial charge in [-0.2, -0.15) is 0 Å². The van der Waals surface area contributed by atoms with Gasteiger partial charge in [-0.1, -0.05) is 0 Å². The second-order valence-corrected chi connectivity index (χ2v) is 1.28. The van der Waals surface area contributed by atoms with E-state index in [4.69, 9.17) is 0 Å². The summed E-state index contributed by atoms with van der Waals surface area (Å²) in [5.74, 6) is -0.894. The number of hydrogen-bond acceptors (Lipinski definition) is 2. The van der Waals surface area contributed by atoms with Crippen molar-refractivity contribution in [2.24, 2.45) is 0 Å². The first-order valence-electron chi connectivity index (χ1n) is 2.10. The lowest BCUT2D eigenvalue weighted by Gasteiger charge is -1.86. The summed E-state index contributed by atoms with van der Waals surface area (Å²) in [5, 5.41) is 10.1. The molecule has 8 heavy (non-hydrogen) atoms. The highest BCUT2D eigenvalue weighted by molar-refractivity contribution is 5.82.